The third-order valence-corrected chi connectivity index (χ3v) is 5.21. The van der Waals surface area contributed by atoms with Crippen LogP contribution in [0.15, 0.2) is 35.7 Å². The Bertz CT molecular complexity index is 967. The summed E-state index contributed by atoms with van der Waals surface area (Å²) in [5.74, 6) is -1.21. The number of thiazole rings is 1. The lowest BCUT2D eigenvalue weighted by Gasteiger charge is -2.03. The topological polar surface area (TPSA) is 77.5 Å². The number of benzene rings is 1. The fourth-order valence-electron chi connectivity index (χ4n) is 2.12. The SMILES string of the molecule is COC(=O)c1ccc(C(=O)Nc2nc(-c3ccc(OC)c(F)c3)cs2)s1. The number of hydrogen-bond donors (Lipinski definition) is 1. The molecule has 6 nitrogen and oxygen atoms in total. The van der Waals surface area contributed by atoms with Crippen molar-refractivity contribution in [1.29, 1.82) is 0 Å². The third kappa shape index (κ3) is 3.73. The smallest absolute Gasteiger partial charge is 0.348 e. The van der Waals surface area contributed by atoms with Crippen molar-refractivity contribution in [1.82, 2.24) is 4.98 Å². The molecule has 0 aliphatic rings. The number of anilines is 1. The van der Waals surface area contributed by atoms with Crippen molar-refractivity contribution < 1.29 is 23.5 Å². The second kappa shape index (κ2) is 7.63. The highest BCUT2D eigenvalue weighted by Crippen LogP contribution is 2.29. The van der Waals surface area contributed by atoms with E-state index in [9.17, 15) is 14.0 Å². The predicted molar refractivity (Wildman–Crippen MR) is 97.7 cm³/mol. The molecule has 0 spiro atoms. The number of esters is 1. The highest BCUT2D eigenvalue weighted by Gasteiger charge is 2.16. The molecule has 0 bridgehead atoms. The van der Waals surface area contributed by atoms with Gasteiger partial charge in [0.15, 0.2) is 16.7 Å². The molecule has 0 fully saturated rings. The lowest BCUT2D eigenvalue weighted by atomic mass is 10.1. The van der Waals surface area contributed by atoms with Crippen LogP contribution in [0.2, 0.25) is 0 Å². The lowest BCUT2D eigenvalue weighted by molar-refractivity contribution is 0.0606. The summed E-state index contributed by atoms with van der Waals surface area (Å²) >= 11 is 2.25. The summed E-state index contributed by atoms with van der Waals surface area (Å²) in [4.78, 5) is 28.7. The van der Waals surface area contributed by atoms with E-state index in [1.165, 1.54) is 43.8 Å². The molecule has 0 aliphatic carbocycles. The monoisotopic (exact) mass is 392 g/mol. The van der Waals surface area contributed by atoms with Crippen LogP contribution in [0.1, 0.15) is 19.3 Å². The van der Waals surface area contributed by atoms with Crippen molar-refractivity contribution >= 4 is 39.7 Å². The van der Waals surface area contributed by atoms with Crippen LogP contribution in [0.25, 0.3) is 11.3 Å². The van der Waals surface area contributed by atoms with Crippen molar-refractivity contribution in [3.05, 3.63) is 51.3 Å². The maximum atomic E-state index is 13.8. The molecule has 2 aromatic heterocycles. The van der Waals surface area contributed by atoms with Crippen LogP contribution >= 0.6 is 22.7 Å². The molecule has 0 aliphatic heterocycles. The Kier molecular flexibility index (Phi) is 5.29. The predicted octanol–water partition coefficient (Wildman–Crippen LogP) is 4.06. The summed E-state index contributed by atoms with van der Waals surface area (Å²) in [5.41, 5.74) is 1.11. The first-order chi connectivity index (χ1) is 12.5. The van der Waals surface area contributed by atoms with E-state index in [1.807, 2.05) is 0 Å². The molecule has 134 valence electrons. The first kappa shape index (κ1) is 18.0. The van der Waals surface area contributed by atoms with E-state index in [1.54, 1.807) is 17.5 Å². The minimum atomic E-state index is -0.493. The lowest BCUT2D eigenvalue weighted by Crippen LogP contribution is -2.09. The van der Waals surface area contributed by atoms with Gasteiger partial charge in [0.05, 0.1) is 24.8 Å². The highest BCUT2D eigenvalue weighted by atomic mass is 32.1. The van der Waals surface area contributed by atoms with Gasteiger partial charge >= 0.3 is 5.97 Å². The summed E-state index contributed by atoms with van der Waals surface area (Å²) in [6.45, 7) is 0. The first-order valence-electron chi connectivity index (χ1n) is 7.30. The van der Waals surface area contributed by atoms with Crippen LogP contribution in [0.5, 0.6) is 5.75 Å². The van der Waals surface area contributed by atoms with Gasteiger partial charge in [-0.05, 0) is 30.3 Å². The number of thiophene rings is 1. The van der Waals surface area contributed by atoms with Crippen molar-refractivity contribution in [2.24, 2.45) is 0 Å². The van der Waals surface area contributed by atoms with Crippen LogP contribution in [0.3, 0.4) is 0 Å². The number of ether oxygens (including phenoxy) is 2. The maximum absolute atomic E-state index is 13.8. The molecule has 0 unspecified atom stereocenters. The third-order valence-electron chi connectivity index (χ3n) is 3.39. The standard InChI is InChI=1S/C17H13FN2O4S2/c1-23-12-4-3-9(7-10(12)18)11-8-25-17(19-11)20-15(21)13-5-6-14(26-13)16(22)24-2/h3-8H,1-2H3,(H,19,20,21). The van der Waals surface area contributed by atoms with Gasteiger partial charge in [0.25, 0.3) is 5.91 Å². The zero-order chi connectivity index (χ0) is 18.7. The zero-order valence-electron chi connectivity index (χ0n) is 13.7. The summed E-state index contributed by atoms with van der Waals surface area (Å²) < 4.78 is 23.3. The molecule has 3 aromatic rings. The van der Waals surface area contributed by atoms with E-state index < -0.39 is 11.8 Å². The second-order valence-electron chi connectivity index (χ2n) is 5.00. The first-order valence-corrected chi connectivity index (χ1v) is 9.00. The van der Waals surface area contributed by atoms with E-state index in [0.29, 0.717) is 26.1 Å². The minimum absolute atomic E-state index is 0.150. The molecule has 9 heteroatoms. The molecular formula is C17H13FN2O4S2. The zero-order valence-corrected chi connectivity index (χ0v) is 15.4. The molecule has 0 saturated carbocycles. The molecule has 0 atom stereocenters. The molecule has 26 heavy (non-hydrogen) atoms. The van der Waals surface area contributed by atoms with Crippen LogP contribution in [-0.2, 0) is 4.74 Å². The number of halogens is 1. The molecule has 1 N–H and O–H groups in total. The quantitative estimate of drug-likeness (QED) is 0.663. The van der Waals surface area contributed by atoms with Gasteiger partial charge in [-0.25, -0.2) is 14.2 Å². The average Bonchev–Trinajstić information content (AvgIpc) is 3.30. The summed E-state index contributed by atoms with van der Waals surface area (Å²) in [6.07, 6.45) is 0. The van der Waals surface area contributed by atoms with Crippen LogP contribution in [0, 0.1) is 5.82 Å². The number of carbonyl (C=O) groups is 2. The molecular weight excluding hydrogens is 379 g/mol. The Balaban J connectivity index is 1.74. The Morgan fingerprint density at radius 1 is 1.15 bits per heavy atom. The van der Waals surface area contributed by atoms with Gasteiger partial charge in [-0.3, -0.25) is 10.1 Å². The highest BCUT2D eigenvalue weighted by molar-refractivity contribution is 7.16. The number of nitrogens with zero attached hydrogens (tertiary/aromatic N) is 1. The number of rotatable bonds is 5. The van der Waals surface area contributed by atoms with Gasteiger partial charge in [-0.15, -0.1) is 22.7 Å². The van der Waals surface area contributed by atoms with Gasteiger partial charge in [0.1, 0.15) is 4.88 Å². The van der Waals surface area contributed by atoms with Crippen molar-refractivity contribution in [2.75, 3.05) is 19.5 Å². The molecule has 1 aromatic carbocycles. The van der Waals surface area contributed by atoms with Gasteiger partial charge in [-0.2, -0.15) is 0 Å². The fraction of sp³-hybridized carbons (Fsp3) is 0.118. The Morgan fingerprint density at radius 2 is 1.92 bits per heavy atom. The second-order valence-corrected chi connectivity index (χ2v) is 6.94. The van der Waals surface area contributed by atoms with E-state index in [4.69, 9.17) is 4.74 Å². The van der Waals surface area contributed by atoms with Gasteiger partial charge < -0.3 is 9.47 Å². The van der Waals surface area contributed by atoms with E-state index >= 15 is 0 Å². The fourth-order valence-corrected chi connectivity index (χ4v) is 3.65. The average molecular weight is 392 g/mol. The number of hydrogen-bond acceptors (Lipinski definition) is 7. The van der Waals surface area contributed by atoms with Crippen molar-refractivity contribution in [3.8, 4) is 17.0 Å². The van der Waals surface area contributed by atoms with Gasteiger partial charge in [-0.1, -0.05) is 0 Å². The molecule has 2 heterocycles. The van der Waals surface area contributed by atoms with Crippen molar-refractivity contribution in [2.45, 2.75) is 0 Å². The number of nitrogens with one attached hydrogen (secondary N) is 1. The number of carbonyl (C=O) groups excluding carboxylic acids is 2. The number of amides is 1. The summed E-state index contributed by atoms with van der Waals surface area (Å²) in [6, 6.07) is 7.59. The van der Waals surface area contributed by atoms with E-state index in [2.05, 4.69) is 15.0 Å². The molecule has 1 amide bonds. The van der Waals surface area contributed by atoms with Crippen LogP contribution in [0.4, 0.5) is 9.52 Å². The van der Waals surface area contributed by atoms with Crippen LogP contribution < -0.4 is 10.1 Å². The molecule has 0 radical (unpaired) electrons. The summed E-state index contributed by atoms with van der Waals surface area (Å²) in [7, 11) is 2.67. The maximum Gasteiger partial charge on any atom is 0.348 e. The molecule has 0 saturated heterocycles. The van der Waals surface area contributed by atoms with E-state index in [0.717, 1.165) is 11.3 Å². The Morgan fingerprint density at radius 3 is 2.62 bits per heavy atom. The minimum Gasteiger partial charge on any atom is -0.494 e. The Hall–Kier alpha value is -2.78. The largest absolute Gasteiger partial charge is 0.494 e. The Labute approximate surface area is 156 Å². The molecule has 3 rings (SSSR count). The van der Waals surface area contributed by atoms with E-state index in [-0.39, 0.29) is 11.7 Å². The number of aromatic nitrogens is 1. The van der Waals surface area contributed by atoms with Crippen molar-refractivity contribution in [3.63, 3.8) is 0 Å². The number of methoxy groups -OCH3 is 2. The van der Waals surface area contributed by atoms with Gasteiger partial charge in [0.2, 0.25) is 0 Å². The van der Waals surface area contributed by atoms with Gasteiger partial charge in [0, 0.05) is 10.9 Å². The normalized spacial score (nSPS) is 10.4. The summed E-state index contributed by atoms with van der Waals surface area (Å²) in [5, 5.41) is 4.75. The van der Waals surface area contributed by atoms with Crippen LogP contribution in [-0.4, -0.2) is 31.1 Å².